The van der Waals surface area contributed by atoms with Crippen molar-refractivity contribution in [2.24, 2.45) is 5.14 Å². The van der Waals surface area contributed by atoms with Gasteiger partial charge in [-0.2, -0.15) is 11.8 Å². The third-order valence-corrected chi connectivity index (χ3v) is 5.42. The van der Waals surface area contributed by atoms with Gasteiger partial charge >= 0.3 is 0 Å². The van der Waals surface area contributed by atoms with Gasteiger partial charge in [0.05, 0.1) is 10.9 Å². The number of nitrogens with one attached hydrogen (secondary N) is 2. The minimum atomic E-state index is -3.80. The maximum Gasteiger partial charge on any atom is 0.242 e. The number of anilines is 1. The molecular formula is C13H19N3O3S2. The van der Waals surface area contributed by atoms with E-state index in [2.05, 4.69) is 10.6 Å². The highest BCUT2D eigenvalue weighted by molar-refractivity contribution is 7.99. The number of rotatable bonds is 3. The second-order valence-corrected chi connectivity index (χ2v) is 7.74. The van der Waals surface area contributed by atoms with Gasteiger partial charge in [0.1, 0.15) is 0 Å². The lowest BCUT2D eigenvalue weighted by Gasteiger charge is -2.23. The summed E-state index contributed by atoms with van der Waals surface area (Å²) in [6.45, 7) is 4.41. The van der Waals surface area contributed by atoms with Crippen LogP contribution in [0.3, 0.4) is 0 Å². The standard InChI is InChI=1S/C13H19N3O3S2/c1-8-5-10(21(14,18)19)6-11(9(8)2)16-13(17)12-7-20-4-3-15-12/h5-6,12,15H,3-4,7H2,1-2H3,(H,16,17)(H2,14,18,19). The van der Waals surface area contributed by atoms with E-state index in [1.165, 1.54) is 12.1 Å². The Kier molecular flexibility index (Phi) is 4.92. The van der Waals surface area contributed by atoms with E-state index in [0.717, 1.165) is 23.4 Å². The molecule has 1 amide bonds. The third kappa shape index (κ3) is 3.97. The van der Waals surface area contributed by atoms with Gasteiger partial charge in [-0.05, 0) is 37.1 Å². The molecule has 2 rings (SSSR count). The average Bonchev–Trinajstić information content (AvgIpc) is 2.43. The first-order valence-corrected chi connectivity index (χ1v) is 9.25. The molecule has 1 aliphatic rings. The zero-order valence-electron chi connectivity index (χ0n) is 12.0. The lowest BCUT2D eigenvalue weighted by Crippen LogP contribution is -2.46. The SMILES string of the molecule is Cc1cc(S(N)(=O)=O)cc(NC(=O)C2CSCCN2)c1C. The molecule has 116 valence electrons. The van der Waals surface area contributed by atoms with Gasteiger partial charge in [0.25, 0.3) is 0 Å². The number of aryl methyl sites for hydroxylation is 1. The van der Waals surface area contributed by atoms with E-state index in [0.29, 0.717) is 11.4 Å². The number of thioether (sulfide) groups is 1. The normalized spacial score (nSPS) is 19.3. The summed E-state index contributed by atoms with van der Waals surface area (Å²) >= 11 is 1.72. The molecular weight excluding hydrogens is 310 g/mol. The number of amides is 1. The Morgan fingerprint density at radius 3 is 2.71 bits per heavy atom. The molecule has 1 unspecified atom stereocenters. The van der Waals surface area contributed by atoms with Crippen LogP contribution in [0, 0.1) is 13.8 Å². The fourth-order valence-electron chi connectivity index (χ4n) is 2.07. The molecule has 1 fully saturated rings. The van der Waals surface area contributed by atoms with Crippen LogP contribution in [0.2, 0.25) is 0 Å². The molecule has 8 heteroatoms. The first-order chi connectivity index (χ1) is 9.79. The van der Waals surface area contributed by atoms with Crippen LogP contribution in [0.15, 0.2) is 17.0 Å². The summed E-state index contributed by atoms with van der Waals surface area (Å²) < 4.78 is 23.0. The molecule has 6 nitrogen and oxygen atoms in total. The second-order valence-electron chi connectivity index (χ2n) is 5.03. The van der Waals surface area contributed by atoms with Crippen molar-refractivity contribution >= 4 is 33.4 Å². The van der Waals surface area contributed by atoms with Crippen molar-refractivity contribution in [3.63, 3.8) is 0 Å². The topological polar surface area (TPSA) is 101 Å². The number of carbonyl (C=O) groups excluding carboxylic acids is 1. The van der Waals surface area contributed by atoms with Crippen LogP contribution >= 0.6 is 11.8 Å². The highest BCUT2D eigenvalue weighted by atomic mass is 32.2. The third-order valence-electron chi connectivity index (χ3n) is 3.47. The Hall–Kier alpha value is -1.09. The Labute approximate surface area is 128 Å². The number of sulfonamides is 1. The molecule has 0 aliphatic carbocycles. The van der Waals surface area contributed by atoms with Crippen LogP contribution in [0.4, 0.5) is 5.69 Å². The van der Waals surface area contributed by atoms with E-state index >= 15 is 0 Å². The number of benzene rings is 1. The van der Waals surface area contributed by atoms with Gasteiger partial charge in [-0.3, -0.25) is 4.79 Å². The van der Waals surface area contributed by atoms with Crippen LogP contribution in [0.25, 0.3) is 0 Å². The number of hydrogen-bond acceptors (Lipinski definition) is 5. The lowest BCUT2D eigenvalue weighted by atomic mass is 10.1. The summed E-state index contributed by atoms with van der Waals surface area (Å²) in [5.41, 5.74) is 2.09. The van der Waals surface area contributed by atoms with E-state index in [-0.39, 0.29) is 16.8 Å². The molecule has 0 bridgehead atoms. The van der Waals surface area contributed by atoms with Crippen molar-refractivity contribution in [2.75, 3.05) is 23.4 Å². The summed E-state index contributed by atoms with van der Waals surface area (Å²) in [4.78, 5) is 12.2. The minimum absolute atomic E-state index is 0.00637. The molecule has 1 atom stereocenters. The van der Waals surface area contributed by atoms with E-state index < -0.39 is 10.0 Å². The average molecular weight is 329 g/mol. The van der Waals surface area contributed by atoms with Crippen LogP contribution in [-0.2, 0) is 14.8 Å². The predicted molar refractivity (Wildman–Crippen MR) is 85.0 cm³/mol. The van der Waals surface area contributed by atoms with E-state index in [1.807, 2.05) is 6.92 Å². The molecule has 0 saturated carbocycles. The van der Waals surface area contributed by atoms with Crippen molar-refractivity contribution in [3.8, 4) is 0 Å². The smallest absolute Gasteiger partial charge is 0.242 e. The minimum Gasteiger partial charge on any atom is -0.324 e. The van der Waals surface area contributed by atoms with Gasteiger partial charge < -0.3 is 10.6 Å². The van der Waals surface area contributed by atoms with Crippen molar-refractivity contribution in [2.45, 2.75) is 24.8 Å². The van der Waals surface area contributed by atoms with Gasteiger partial charge in [0.15, 0.2) is 0 Å². The van der Waals surface area contributed by atoms with Crippen LogP contribution in [0.5, 0.6) is 0 Å². The number of hydrogen-bond donors (Lipinski definition) is 3. The predicted octanol–water partition coefficient (Wildman–Crippen LogP) is 0.594. The monoisotopic (exact) mass is 329 g/mol. The summed E-state index contributed by atoms with van der Waals surface area (Å²) in [5, 5.41) is 11.1. The zero-order valence-corrected chi connectivity index (χ0v) is 13.6. The summed E-state index contributed by atoms with van der Waals surface area (Å²) in [5.74, 6) is 1.54. The maximum absolute atomic E-state index is 12.2. The van der Waals surface area contributed by atoms with Gasteiger partial charge in [-0.1, -0.05) is 0 Å². The maximum atomic E-state index is 12.2. The highest BCUT2D eigenvalue weighted by Crippen LogP contribution is 2.24. The van der Waals surface area contributed by atoms with Crippen molar-refractivity contribution in [1.29, 1.82) is 0 Å². The van der Waals surface area contributed by atoms with Crippen LogP contribution < -0.4 is 15.8 Å². The van der Waals surface area contributed by atoms with Gasteiger partial charge in [-0.15, -0.1) is 0 Å². The first kappa shape index (κ1) is 16.3. The van der Waals surface area contributed by atoms with E-state index in [4.69, 9.17) is 5.14 Å². The van der Waals surface area contributed by atoms with Crippen molar-refractivity contribution in [3.05, 3.63) is 23.3 Å². The number of primary sulfonamides is 1. The summed E-state index contributed by atoms with van der Waals surface area (Å²) in [6, 6.07) is 2.65. The van der Waals surface area contributed by atoms with Crippen LogP contribution in [-0.4, -0.2) is 38.4 Å². The van der Waals surface area contributed by atoms with Gasteiger partial charge in [0, 0.05) is 23.7 Å². The molecule has 0 spiro atoms. The van der Waals surface area contributed by atoms with Gasteiger partial charge in [0.2, 0.25) is 15.9 Å². The molecule has 0 aromatic heterocycles. The molecule has 1 heterocycles. The largest absolute Gasteiger partial charge is 0.324 e. The van der Waals surface area contributed by atoms with Crippen molar-refractivity contribution < 1.29 is 13.2 Å². The number of nitrogens with two attached hydrogens (primary N) is 1. The molecule has 4 N–H and O–H groups in total. The Morgan fingerprint density at radius 1 is 1.43 bits per heavy atom. The molecule has 1 saturated heterocycles. The highest BCUT2D eigenvalue weighted by Gasteiger charge is 2.22. The molecule has 1 aromatic rings. The molecule has 0 radical (unpaired) electrons. The lowest BCUT2D eigenvalue weighted by molar-refractivity contribution is -0.117. The number of carbonyl (C=O) groups is 1. The Morgan fingerprint density at radius 2 is 2.14 bits per heavy atom. The fraction of sp³-hybridized carbons (Fsp3) is 0.462. The van der Waals surface area contributed by atoms with E-state index in [1.54, 1.807) is 18.7 Å². The zero-order chi connectivity index (χ0) is 15.6. The van der Waals surface area contributed by atoms with Crippen molar-refractivity contribution in [1.82, 2.24) is 5.32 Å². The van der Waals surface area contributed by atoms with Crippen LogP contribution in [0.1, 0.15) is 11.1 Å². The summed E-state index contributed by atoms with van der Waals surface area (Å²) in [6.07, 6.45) is 0. The molecule has 21 heavy (non-hydrogen) atoms. The fourth-order valence-corrected chi connectivity index (χ4v) is 3.63. The van der Waals surface area contributed by atoms with E-state index in [9.17, 15) is 13.2 Å². The van der Waals surface area contributed by atoms with Gasteiger partial charge in [-0.25, -0.2) is 13.6 Å². The quantitative estimate of drug-likeness (QED) is 0.753. The Bertz CT molecular complexity index is 653. The summed E-state index contributed by atoms with van der Waals surface area (Å²) in [7, 11) is -3.80. The molecule has 1 aromatic carbocycles. The Balaban J connectivity index is 2.26. The molecule has 1 aliphatic heterocycles. The second kappa shape index (κ2) is 6.35. The first-order valence-electron chi connectivity index (χ1n) is 6.55.